The average Bonchev–Trinajstić information content (AvgIpc) is 2.90. The van der Waals surface area contributed by atoms with E-state index >= 15 is 0 Å². The van der Waals surface area contributed by atoms with Crippen molar-refractivity contribution in [3.05, 3.63) is 29.3 Å². The maximum absolute atomic E-state index is 12.1. The first-order chi connectivity index (χ1) is 9.61. The Labute approximate surface area is 122 Å². The zero-order valence-electron chi connectivity index (χ0n) is 11.3. The zero-order valence-corrected chi connectivity index (χ0v) is 12.1. The van der Waals surface area contributed by atoms with Crippen LogP contribution in [0.4, 0.5) is 5.69 Å². The molecule has 0 fully saturated rings. The lowest BCUT2D eigenvalue weighted by atomic mass is 10.1. The standard InChI is InChI=1S/C14H18N2O3S/c1-20-7-5-12(14(18)19)16-13(17)10-2-3-11-9(8-10)4-6-15-11/h2-3,8,12,15H,4-7H2,1H3,(H,16,17)(H,18,19). The minimum absolute atomic E-state index is 0.326. The molecular formula is C14H18N2O3S. The third kappa shape index (κ3) is 3.45. The van der Waals surface area contributed by atoms with Gasteiger partial charge in [0, 0.05) is 17.8 Å². The van der Waals surface area contributed by atoms with Gasteiger partial charge < -0.3 is 15.7 Å². The van der Waals surface area contributed by atoms with E-state index in [0.29, 0.717) is 17.7 Å². The summed E-state index contributed by atoms with van der Waals surface area (Å²) in [7, 11) is 0. The molecule has 1 atom stereocenters. The van der Waals surface area contributed by atoms with Crippen LogP contribution in [0, 0.1) is 0 Å². The molecule has 1 aromatic rings. The Bertz CT molecular complexity index is 519. The number of carbonyl (C=O) groups excluding carboxylic acids is 1. The van der Waals surface area contributed by atoms with Crippen molar-refractivity contribution >= 4 is 29.3 Å². The number of hydrogen-bond acceptors (Lipinski definition) is 4. The summed E-state index contributed by atoms with van der Waals surface area (Å²) in [4.78, 5) is 23.2. The molecule has 1 unspecified atom stereocenters. The van der Waals surface area contributed by atoms with Gasteiger partial charge >= 0.3 is 5.97 Å². The van der Waals surface area contributed by atoms with Crippen LogP contribution in [0.1, 0.15) is 22.3 Å². The van der Waals surface area contributed by atoms with E-state index in [1.54, 1.807) is 17.8 Å². The van der Waals surface area contributed by atoms with E-state index in [1.807, 2.05) is 18.4 Å². The Morgan fingerprint density at radius 1 is 1.50 bits per heavy atom. The summed E-state index contributed by atoms with van der Waals surface area (Å²) < 4.78 is 0. The fourth-order valence-electron chi connectivity index (χ4n) is 2.18. The molecule has 108 valence electrons. The van der Waals surface area contributed by atoms with Gasteiger partial charge in [0.25, 0.3) is 5.91 Å². The molecule has 1 aromatic carbocycles. The van der Waals surface area contributed by atoms with Crippen molar-refractivity contribution in [2.75, 3.05) is 23.9 Å². The highest BCUT2D eigenvalue weighted by Gasteiger charge is 2.21. The number of hydrogen-bond donors (Lipinski definition) is 3. The smallest absolute Gasteiger partial charge is 0.326 e. The van der Waals surface area contributed by atoms with Crippen molar-refractivity contribution in [2.24, 2.45) is 0 Å². The molecule has 1 amide bonds. The van der Waals surface area contributed by atoms with Crippen molar-refractivity contribution in [1.82, 2.24) is 5.32 Å². The van der Waals surface area contributed by atoms with Crippen molar-refractivity contribution < 1.29 is 14.7 Å². The molecule has 2 rings (SSSR count). The predicted molar refractivity (Wildman–Crippen MR) is 80.5 cm³/mol. The highest BCUT2D eigenvalue weighted by atomic mass is 32.2. The zero-order chi connectivity index (χ0) is 14.5. The number of benzene rings is 1. The third-order valence-corrected chi connectivity index (χ3v) is 3.94. The molecule has 0 saturated heterocycles. The second kappa shape index (κ2) is 6.65. The molecular weight excluding hydrogens is 276 g/mol. The monoisotopic (exact) mass is 294 g/mol. The Morgan fingerprint density at radius 2 is 2.30 bits per heavy atom. The van der Waals surface area contributed by atoms with Gasteiger partial charge in [0.1, 0.15) is 6.04 Å². The Morgan fingerprint density at radius 3 is 3.00 bits per heavy atom. The van der Waals surface area contributed by atoms with Crippen molar-refractivity contribution in [1.29, 1.82) is 0 Å². The number of thioether (sulfide) groups is 1. The number of carbonyl (C=O) groups is 2. The molecule has 0 saturated carbocycles. The van der Waals surface area contributed by atoms with E-state index in [9.17, 15) is 9.59 Å². The van der Waals surface area contributed by atoms with Crippen LogP contribution in [0.15, 0.2) is 18.2 Å². The number of anilines is 1. The summed E-state index contributed by atoms with van der Waals surface area (Å²) in [5.74, 6) is -0.617. The van der Waals surface area contributed by atoms with Crippen molar-refractivity contribution in [3.63, 3.8) is 0 Å². The van der Waals surface area contributed by atoms with Gasteiger partial charge in [-0.2, -0.15) is 11.8 Å². The molecule has 20 heavy (non-hydrogen) atoms. The first kappa shape index (κ1) is 14.7. The van der Waals surface area contributed by atoms with Crippen LogP contribution in [0.5, 0.6) is 0 Å². The van der Waals surface area contributed by atoms with Crippen LogP contribution < -0.4 is 10.6 Å². The molecule has 0 spiro atoms. The topological polar surface area (TPSA) is 78.4 Å². The quantitative estimate of drug-likeness (QED) is 0.742. The predicted octanol–water partition coefficient (Wildman–Crippen LogP) is 1.59. The summed E-state index contributed by atoms with van der Waals surface area (Å²) >= 11 is 1.56. The van der Waals surface area contributed by atoms with Crippen molar-refractivity contribution in [2.45, 2.75) is 18.9 Å². The second-order valence-corrected chi connectivity index (χ2v) is 5.68. The van der Waals surface area contributed by atoms with Gasteiger partial charge in [-0.25, -0.2) is 4.79 Å². The van der Waals surface area contributed by atoms with Gasteiger partial charge in [-0.05, 0) is 48.6 Å². The normalized spacial score (nSPS) is 14.2. The Balaban J connectivity index is 2.04. The second-order valence-electron chi connectivity index (χ2n) is 4.69. The number of carboxylic acid groups (broad SMARTS) is 1. The highest BCUT2D eigenvalue weighted by molar-refractivity contribution is 7.98. The molecule has 3 N–H and O–H groups in total. The number of fused-ring (bicyclic) bond motifs is 1. The SMILES string of the molecule is CSCCC(NC(=O)c1ccc2c(c1)CCN2)C(=O)O. The minimum Gasteiger partial charge on any atom is -0.480 e. The van der Waals surface area contributed by atoms with Gasteiger partial charge in [0.05, 0.1) is 0 Å². The molecule has 0 aromatic heterocycles. The summed E-state index contributed by atoms with van der Waals surface area (Å²) in [6.45, 7) is 0.881. The fourth-order valence-corrected chi connectivity index (χ4v) is 2.65. The third-order valence-electron chi connectivity index (χ3n) is 3.29. The van der Waals surface area contributed by atoms with Gasteiger partial charge in [0.2, 0.25) is 0 Å². The summed E-state index contributed by atoms with van der Waals surface area (Å²) in [5, 5.41) is 14.9. The molecule has 0 bridgehead atoms. The molecule has 6 heteroatoms. The van der Waals surface area contributed by atoms with Crippen LogP contribution in [0.25, 0.3) is 0 Å². The van der Waals surface area contributed by atoms with Crippen LogP contribution in [0.2, 0.25) is 0 Å². The Kier molecular flexibility index (Phi) is 4.89. The van der Waals surface area contributed by atoms with Crippen molar-refractivity contribution in [3.8, 4) is 0 Å². The van der Waals surface area contributed by atoms with Gasteiger partial charge in [-0.3, -0.25) is 4.79 Å². The van der Waals surface area contributed by atoms with Crippen LogP contribution in [-0.4, -0.2) is 41.6 Å². The number of nitrogens with one attached hydrogen (secondary N) is 2. The molecule has 1 aliphatic rings. The van der Waals surface area contributed by atoms with Crippen LogP contribution >= 0.6 is 11.8 Å². The Hall–Kier alpha value is -1.69. The van der Waals surface area contributed by atoms with E-state index in [2.05, 4.69) is 10.6 Å². The van der Waals surface area contributed by atoms with Gasteiger partial charge in [0.15, 0.2) is 0 Å². The lowest BCUT2D eigenvalue weighted by Crippen LogP contribution is -2.41. The molecule has 5 nitrogen and oxygen atoms in total. The van der Waals surface area contributed by atoms with E-state index in [-0.39, 0.29) is 5.91 Å². The number of aliphatic carboxylic acids is 1. The maximum atomic E-state index is 12.1. The van der Waals surface area contributed by atoms with E-state index in [0.717, 1.165) is 24.2 Å². The molecule has 1 aliphatic heterocycles. The summed E-state index contributed by atoms with van der Waals surface area (Å²) in [5.41, 5.74) is 2.68. The first-order valence-electron chi connectivity index (χ1n) is 6.51. The number of rotatable bonds is 6. The van der Waals surface area contributed by atoms with Gasteiger partial charge in [-0.1, -0.05) is 0 Å². The van der Waals surface area contributed by atoms with E-state index < -0.39 is 12.0 Å². The lowest BCUT2D eigenvalue weighted by molar-refractivity contribution is -0.139. The number of carboxylic acids is 1. The molecule has 0 radical (unpaired) electrons. The largest absolute Gasteiger partial charge is 0.480 e. The van der Waals surface area contributed by atoms with E-state index in [4.69, 9.17) is 5.11 Å². The highest BCUT2D eigenvalue weighted by Crippen LogP contribution is 2.23. The number of amides is 1. The summed E-state index contributed by atoms with van der Waals surface area (Å²) in [6, 6.07) is 4.59. The minimum atomic E-state index is -0.991. The fraction of sp³-hybridized carbons (Fsp3) is 0.429. The first-order valence-corrected chi connectivity index (χ1v) is 7.90. The van der Waals surface area contributed by atoms with Crippen LogP contribution in [-0.2, 0) is 11.2 Å². The summed E-state index contributed by atoms with van der Waals surface area (Å²) in [6.07, 6.45) is 3.23. The molecule has 0 aliphatic carbocycles. The van der Waals surface area contributed by atoms with E-state index in [1.165, 1.54) is 0 Å². The van der Waals surface area contributed by atoms with Crippen LogP contribution in [0.3, 0.4) is 0 Å². The average molecular weight is 294 g/mol. The van der Waals surface area contributed by atoms with Gasteiger partial charge in [-0.15, -0.1) is 0 Å². The molecule has 1 heterocycles. The lowest BCUT2D eigenvalue weighted by Gasteiger charge is -2.14. The maximum Gasteiger partial charge on any atom is 0.326 e.